The highest BCUT2D eigenvalue weighted by atomic mass is 32.1. The van der Waals surface area contributed by atoms with Crippen molar-refractivity contribution in [3.05, 3.63) is 35.1 Å². The fraction of sp³-hybridized carbons (Fsp3) is 0.500. The summed E-state index contributed by atoms with van der Waals surface area (Å²) in [5, 5.41) is 8.93. The van der Waals surface area contributed by atoms with E-state index in [4.69, 9.17) is 23.1 Å². The van der Waals surface area contributed by atoms with Gasteiger partial charge in [0.15, 0.2) is 0 Å². The van der Waals surface area contributed by atoms with E-state index < -0.39 is 0 Å². The summed E-state index contributed by atoms with van der Waals surface area (Å²) in [5.74, 6) is -0.335. The Kier molecular flexibility index (Phi) is 6.34. The van der Waals surface area contributed by atoms with Crippen LogP contribution in [0.5, 0.6) is 0 Å². The van der Waals surface area contributed by atoms with Crippen LogP contribution in [0.3, 0.4) is 0 Å². The van der Waals surface area contributed by atoms with Crippen molar-refractivity contribution in [2.24, 2.45) is 5.73 Å². The van der Waals surface area contributed by atoms with Gasteiger partial charge in [0.1, 0.15) is 10.8 Å². The predicted molar refractivity (Wildman–Crippen MR) is 79.5 cm³/mol. The van der Waals surface area contributed by atoms with E-state index in [1.807, 2.05) is 0 Å². The third kappa shape index (κ3) is 4.86. The molecule has 3 N–H and O–H groups in total. The molecule has 5 heteroatoms. The van der Waals surface area contributed by atoms with Gasteiger partial charge in [0.2, 0.25) is 0 Å². The van der Waals surface area contributed by atoms with Crippen LogP contribution in [-0.4, -0.2) is 34.2 Å². The number of benzene rings is 1. The summed E-state index contributed by atoms with van der Waals surface area (Å²) >= 11 is 4.97. The van der Waals surface area contributed by atoms with Crippen molar-refractivity contribution in [3.63, 3.8) is 0 Å². The normalized spacial score (nSPS) is 11.3. The van der Waals surface area contributed by atoms with Crippen molar-refractivity contribution in [2.75, 3.05) is 13.2 Å². The van der Waals surface area contributed by atoms with Crippen molar-refractivity contribution in [3.8, 4) is 0 Å². The topological polar surface area (TPSA) is 49.5 Å². The summed E-state index contributed by atoms with van der Waals surface area (Å²) in [7, 11) is 0. The van der Waals surface area contributed by atoms with E-state index in [0.717, 1.165) is 12.1 Å². The molecule has 0 aliphatic carbocycles. The zero-order valence-electron chi connectivity index (χ0n) is 11.4. The lowest BCUT2D eigenvalue weighted by Crippen LogP contribution is -2.32. The first-order valence-corrected chi connectivity index (χ1v) is 6.79. The minimum atomic E-state index is -0.335. The maximum Gasteiger partial charge on any atom is 0.123 e. The minimum absolute atomic E-state index is 0.162. The molecular weight excluding hydrogens is 263 g/mol. The molecule has 0 saturated heterocycles. The van der Waals surface area contributed by atoms with Crippen molar-refractivity contribution < 1.29 is 9.50 Å². The molecule has 3 nitrogen and oxygen atoms in total. The molecule has 0 fully saturated rings. The number of aliphatic hydroxyl groups is 1. The van der Waals surface area contributed by atoms with Crippen LogP contribution in [0.25, 0.3) is 0 Å². The predicted octanol–water partition coefficient (Wildman–Crippen LogP) is 2.05. The fourth-order valence-corrected chi connectivity index (χ4v) is 2.12. The van der Waals surface area contributed by atoms with Crippen LogP contribution in [0.1, 0.15) is 31.4 Å². The molecule has 0 aromatic heterocycles. The summed E-state index contributed by atoms with van der Waals surface area (Å²) in [6, 6.07) is 4.85. The lowest BCUT2D eigenvalue weighted by Gasteiger charge is -2.27. The fourth-order valence-electron chi connectivity index (χ4n) is 1.93. The van der Waals surface area contributed by atoms with Crippen LogP contribution < -0.4 is 5.73 Å². The van der Waals surface area contributed by atoms with Gasteiger partial charge < -0.3 is 10.8 Å². The van der Waals surface area contributed by atoms with Crippen molar-refractivity contribution in [1.82, 2.24) is 4.90 Å². The standard InChI is InChI=1S/C14H21FN2OS/c1-10(2)17(6-3-7-18)9-11-4-5-12(15)8-13(11)14(16)19/h4-5,8,10,18H,3,6-7,9H2,1-2H3,(H2,16,19). The molecule has 0 bridgehead atoms. The highest BCUT2D eigenvalue weighted by Crippen LogP contribution is 2.16. The van der Waals surface area contributed by atoms with Crippen LogP contribution in [0.15, 0.2) is 18.2 Å². The third-order valence-corrected chi connectivity index (χ3v) is 3.26. The van der Waals surface area contributed by atoms with Gasteiger partial charge in [-0.15, -0.1) is 0 Å². The summed E-state index contributed by atoms with van der Waals surface area (Å²) in [6.07, 6.45) is 0.710. The van der Waals surface area contributed by atoms with E-state index in [-0.39, 0.29) is 17.4 Å². The Hall–Kier alpha value is -1.04. The Morgan fingerprint density at radius 2 is 2.16 bits per heavy atom. The van der Waals surface area contributed by atoms with Gasteiger partial charge in [-0.2, -0.15) is 0 Å². The first-order chi connectivity index (χ1) is 8.95. The monoisotopic (exact) mass is 284 g/mol. The van der Waals surface area contributed by atoms with Gasteiger partial charge in [0.25, 0.3) is 0 Å². The van der Waals surface area contributed by atoms with Crippen LogP contribution in [0.4, 0.5) is 4.39 Å². The smallest absolute Gasteiger partial charge is 0.123 e. The Bertz CT molecular complexity index is 437. The third-order valence-electron chi connectivity index (χ3n) is 3.04. The van der Waals surface area contributed by atoms with E-state index in [1.54, 1.807) is 6.07 Å². The lowest BCUT2D eigenvalue weighted by molar-refractivity contribution is 0.185. The molecule has 1 rings (SSSR count). The molecule has 0 radical (unpaired) electrons. The van der Waals surface area contributed by atoms with E-state index >= 15 is 0 Å². The highest BCUT2D eigenvalue weighted by molar-refractivity contribution is 7.80. The first kappa shape index (κ1) is 16.0. The maximum atomic E-state index is 13.2. The van der Waals surface area contributed by atoms with Crippen molar-refractivity contribution >= 4 is 17.2 Å². The molecule has 0 spiro atoms. The number of hydrogen-bond donors (Lipinski definition) is 2. The zero-order valence-corrected chi connectivity index (χ0v) is 12.2. The summed E-state index contributed by atoms with van der Waals surface area (Å²) in [5.41, 5.74) is 7.15. The molecule has 0 aliphatic heterocycles. The van der Waals surface area contributed by atoms with Gasteiger partial charge in [-0.05, 0) is 38.0 Å². The lowest BCUT2D eigenvalue weighted by atomic mass is 10.1. The SMILES string of the molecule is CC(C)N(CCCO)Cc1ccc(F)cc1C(N)=S. The molecule has 0 atom stereocenters. The number of nitrogens with two attached hydrogens (primary N) is 1. The molecule has 0 heterocycles. The maximum absolute atomic E-state index is 13.2. The van der Waals surface area contributed by atoms with Gasteiger partial charge >= 0.3 is 0 Å². The quantitative estimate of drug-likeness (QED) is 0.753. The zero-order chi connectivity index (χ0) is 14.4. The second-order valence-corrected chi connectivity index (χ2v) is 5.25. The summed E-state index contributed by atoms with van der Waals surface area (Å²) in [6.45, 7) is 5.75. The van der Waals surface area contributed by atoms with E-state index in [0.29, 0.717) is 24.6 Å². The van der Waals surface area contributed by atoms with Crippen LogP contribution in [0.2, 0.25) is 0 Å². The summed E-state index contributed by atoms with van der Waals surface area (Å²) < 4.78 is 13.2. The van der Waals surface area contributed by atoms with Gasteiger partial charge in [-0.1, -0.05) is 18.3 Å². The van der Waals surface area contributed by atoms with E-state index in [9.17, 15) is 4.39 Å². The highest BCUT2D eigenvalue weighted by Gasteiger charge is 2.14. The molecule has 1 aromatic rings. The largest absolute Gasteiger partial charge is 0.396 e. The first-order valence-electron chi connectivity index (χ1n) is 6.38. The molecule has 0 unspecified atom stereocenters. The van der Waals surface area contributed by atoms with E-state index in [2.05, 4.69) is 18.7 Å². The van der Waals surface area contributed by atoms with Gasteiger partial charge in [0, 0.05) is 31.3 Å². The van der Waals surface area contributed by atoms with Gasteiger partial charge in [-0.3, -0.25) is 4.90 Å². The van der Waals surface area contributed by atoms with Gasteiger partial charge in [-0.25, -0.2) is 4.39 Å². The Morgan fingerprint density at radius 1 is 1.47 bits per heavy atom. The summed E-state index contributed by atoms with van der Waals surface area (Å²) in [4.78, 5) is 2.41. The molecule has 0 saturated carbocycles. The van der Waals surface area contributed by atoms with Crippen molar-refractivity contribution in [1.29, 1.82) is 0 Å². The minimum Gasteiger partial charge on any atom is -0.396 e. The molecule has 19 heavy (non-hydrogen) atoms. The Balaban J connectivity index is 2.92. The van der Waals surface area contributed by atoms with Crippen LogP contribution in [0, 0.1) is 5.82 Å². The number of aliphatic hydroxyl groups excluding tert-OH is 1. The van der Waals surface area contributed by atoms with Gasteiger partial charge in [0.05, 0.1) is 0 Å². The average Bonchev–Trinajstić information content (AvgIpc) is 2.35. The van der Waals surface area contributed by atoms with Crippen LogP contribution in [-0.2, 0) is 6.54 Å². The van der Waals surface area contributed by atoms with Crippen molar-refractivity contribution in [2.45, 2.75) is 32.9 Å². The molecule has 1 aromatic carbocycles. The molecule has 0 amide bonds. The molecular formula is C14H21FN2OS. The molecule has 106 valence electrons. The number of halogens is 1. The number of hydrogen-bond acceptors (Lipinski definition) is 3. The van der Waals surface area contributed by atoms with E-state index in [1.165, 1.54) is 12.1 Å². The molecule has 0 aliphatic rings. The second-order valence-electron chi connectivity index (χ2n) is 4.81. The Labute approximate surface area is 119 Å². The Morgan fingerprint density at radius 3 is 2.68 bits per heavy atom. The average molecular weight is 284 g/mol. The number of rotatable bonds is 7. The number of thiocarbonyl (C=S) groups is 1. The number of nitrogens with zero attached hydrogens (tertiary/aromatic N) is 1. The van der Waals surface area contributed by atoms with Crippen LogP contribution >= 0.6 is 12.2 Å². The second kappa shape index (κ2) is 7.53.